The first-order valence-electron chi connectivity index (χ1n) is 11.8. The van der Waals surface area contributed by atoms with Crippen molar-refractivity contribution in [2.75, 3.05) is 14.2 Å². The number of aromatic nitrogens is 2. The minimum absolute atomic E-state index is 0.0671. The highest BCUT2D eigenvalue weighted by molar-refractivity contribution is 5.94. The molecule has 0 unspecified atom stereocenters. The van der Waals surface area contributed by atoms with E-state index >= 15 is 0 Å². The van der Waals surface area contributed by atoms with Crippen LogP contribution in [0.3, 0.4) is 0 Å². The third-order valence-corrected chi connectivity index (χ3v) is 5.96. The molecule has 0 aliphatic heterocycles. The van der Waals surface area contributed by atoms with Gasteiger partial charge < -0.3 is 19.1 Å². The van der Waals surface area contributed by atoms with Crippen molar-refractivity contribution in [3.8, 4) is 34.4 Å². The number of methoxy groups -OCH3 is 2. The van der Waals surface area contributed by atoms with E-state index in [-0.39, 0.29) is 11.9 Å². The van der Waals surface area contributed by atoms with Gasteiger partial charge in [0, 0.05) is 24.2 Å². The first-order valence-corrected chi connectivity index (χ1v) is 11.8. The standard InChI is InChI=1S/C29H31N3O4/c1-20(2)32(28(33)22-15-17-23(34-4)18-16-22)19-24-27(21-11-7-6-8-12-21)30-31(3)29(24)36-26-14-10-9-13-25(26)35-5/h6-18,20H,19H2,1-5H3. The number of hydrogen-bond donors (Lipinski definition) is 0. The van der Waals surface area contributed by atoms with E-state index in [1.165, 1.54) is 0 Å². The summed E-state index contributed by atoms with van der Waals surface area (Å²) in [4.78, 5) is 15.4. The topological polar surface area (TPSA) is 65.8 Å². The van der Waals surface area contributed by atoms with Gasteiger partial charge in [-0.05, 0) is 50.2 Å². The van der Waals surface area contributed by atoms with Crippen molar-refractivity contribution in [1.82, 2.24) is 14.7 Å². The van der Waals surface area contributed by atoms with Crippen LogP contribution in [0.25, 0.3) is 11.3 Å². The van der Waals surface area contributed by atoms with Gasteiger partial charge in [0.05, 0.1) is 26.3 Å². The number of carbonyl (C=O) groups excluding carboxylic acids is 1. The SMILES string of the molecule is COc1ccc(C(=O)N(Cc2c(-c3ccccc3)nn(C)c2Oc2ccccc2OC)C(C)C)cc1. The average Bonchev–Trinajstić information content (AvgIpc) is 3.22. The van der Waals surface area contributed by atoms with E-state index in [0.717, 1.165) is 16.8 Å². The molecule has 0 spiro atoms. The van der Waals surface area contributed by atoms with E-state index in [9.17, 15) is 4.79 Å². The minimum atomic E-state index is -0.0845. The van der Waals surface area contributed by atoms with Gasteiger partial charge in [-0.25, -0.2) is 4.68 Å². The van der Waals surface area contributed by atoms with E-state index in [4.69, 9.17) is 19.3 Å². The van der Waals surface area contributed by atoms with Crippen LogP contribution in [-0.2, 0) is 13.6 Å². The molecule has 0 aliphatic rings. The van der Waals surface area contributed by atoms with Gasteiger partial charge in [0.2, 0.25) is 5.88 Å². The Labute approximate surface area is 211 Å². The monoisotopic (exact) mass is 485 g/mol. The van der Waals surface area contributed by atoms with Crippen molar-refractivity contribution in [2.45, 2.75) is 26.4 Å². The Bertz CT molecular complexity index is 1310. The molecule has 0 aliphatic carbocycles. The summed E-state index contributed by atoms with van der Waals surface area (Å²) in [6, 6.07) is 24.5. The summed E-state index contributed by atoms with van der Waals surface area (Å²) in [6.07, 6.45) is 0. The van der Waals surface area contributed by atoms with Gasteiger partial charge >= 0.3 is 0 Å². The summed E-state index contributed by atoms with van der Waals surface area (Å²) in [7, 11) is 5.05. The van der Waals surface area contributed by atoms with E-state index in [1.807, 2.05) is 80.4 Å². The zero-order chi connectivity index (χ0) is 25.7. The van der Waals surface area contributed by atoms with Crippen molar-refractivity contribution in [2.24, 2.45) is 7.05 Å². The van der Waals surface area contributed by atoms with Crippen LogP contribution < -0.4 is 14.2 Å². The van der Waals surface area contributed by atoms with Crippen LogP contribution in [0.5, 0.6) is 23.1 Å². The average molecular weight is 486 g/mol. The molecular formula is C29H31N3O4. The first-order chi connectivity index (χ1) is 17.4. The van der Waals surface area contributed by atoms with Gasteiger partial charge in [-0.2, -0.15) is 5.10 Å². The van der Waals surface area contributed by atoms with Crippen molar-refractivity contribution >= 4 is 5.91 Å². The smallest absolute Gasteiger partial charge is 0.254 e. The van der Waals surface area contributed by atoms with E-state index in [2.05, 4.69) is 0 Å². The molecule has 186 valence electrons. The molecule has 1 amide bonds. The lowest BCUT2D eigenvalue weighted by atomic mass is 10.1. The number of carbonyl (C=O) groups is 1. The molecule has 7 heteroatoms. The number of aryl methyl sites for hydroxylation is 1. The van der Waals surface area contributed by atoms with Gasteiger partial charge in [0.25, 0.3) is 5.91 Å². The van der Waals surface area contributed by atoms with Crippen LogP contribution in [0.4, 0.5) is 0 Å². The molecule has 1 aromatic heterocycles. The van der Waals surface area contributed by atoms with Crippen molar-refractivity contribution in [3.63, 3.8) is 0 Å². The van der Waals surface area contributed by atoms with Gasteiger partial charge in [0.1, 0.15) is 11.4 Å². The molecule has 0 saturated carbocycles. The van der Waals surface area contributed by atoms with E-state index < -0.39 is 0 Å². The fourth-order valence-electron chi connectivity index (χ4n) is 4.02. The van der Waals surface area contributed by atoms with Crippen LogP contribution in [0.1, 0.15) is 29.8 Å². The second kappa shape index (κ2) is 11.0. The predicted octanol–water partition coefficient (Wildman–Crippen LogP) is 5.95. The van der Waals surface area contributed by atoms with E-state index in [1.54, 1.807) is 43.2 Å². The maximum absolute atomic E-state index is 13.6. The van der Waals surface area contributed by atoms with Crippen molar-refractivity contribution in [1.29, 1.82) is 0 Å². The van der Waals surface area contributed by atoms with Crippen molar-refractivity contribution < 1.29 is 19.0 Å². The third kappa shape index (κ3) is 5.20. The quantitative estimate of drug-likeness (QED) is 0.293. The van der Waals surface area contributed by atoms with E-state index in [0.29, 0.717) is 35.2 Å². The maximum Gasteiger partial charge on any atom is 0.254 e. The Morgan fingerprint density at radius 2 is 1.53 bits per heavy atom. The number of nitrogens with zero attached hydrogens (tertiary/aromatic N) is 3. The summed E-state index contributed by atoms with van der Waals surface area (Å²) < 4.78 is 18.8. The van der Waals surface area contributed by atoms with Crippen LogP contribution in [0.2, 0.25) is 0 Å². The minimum Gasteiger partial charge on any atom is -0.497 e. The number of amides is 1. The van der Waals surface area contributed by atoms with Crippen LogP contribution in [-0.4, -0.2) is 40.8 Å². The number of ether oxygens (including phenoxy) is 3. The molecule has 4 rings (SSSR count). The lowest BCUT2D eigenvalue weighted by Gasteiger charge is -2.27. The predicted molar refractivity (Wildman–Crippen MR) is 140 cm³/mol. The summed E-state index contributed by atoms with van der Waals surface area (Å²) in [6.45, 7) is 4.31. The maximum atomic E-state index is 13.6. The second-order valence-electron chi connectivity index (χ2n) is 8.63. The molecule has 36 heavy (non-hydrogen) atoms. The molecule has 0 bridgehead atoms. The molecule has 3 aromatic carbocycles. The number of hydrogen-bond acceptors (Lipinski definition) is 5. The van der Waals surface area contributed by atoms with Gasteiger partial charge in [-0.15, -0.1) is 0 Å². The molecule has 4 aromatic rings. The molecule has 0 saturated heterocycles. The van der Waals surface area contributed by atoms with Crippen LogP contribution >= 0.6 is 0 Å². The fraction of sp³-hybridized carbons (Fsp3) is 0.241. The van der Waals surface area contributed by atoms with Gasteiger partial charge in [-0.3, -0.25) is 4.79 Å². The van der Waals surface area contributed by atoms with Crippen LogP contribution in [0.15, 0.2) is 78.9 Å². The zero-order valence-electron chi connectivity index (χ0n) is 21.3. The summed E-state index contributed by atoms with van der Waals surface area (Å²) in [5.41, 5.74) is 3.10. The Morgan fingerprint density at radius 1 is 0.889 bits per heavy atom. The largest absolute Gasteiger partial charge is 0.497 e. The van der Waals surface area contributed by atoms with Gasteiger partial charge in [0.15, 0.2) is 11.5 Å². The summed E-state index contributed by atoms with van der Waals surface area (Å²) in [5, 5.41) is 4.80. The Balaban J connectivity index is 1.78. The molecule has 0 N–H and O–H groups in total. The summed E-state index contributed by atoms with van der Waals surface area (Å²) in [5.74, 6) is 2.35. The number of rotatable bonds is 9. The lowest BCUT2D eigenvalue weighted by Crippen LogP contribution is -2.36. The zero-order valence-corrected chi connectivity index (χ0v) is 21.3. The molecule has 0 atom stereocenters. The van der Waals surface area contributed by atoms with Gasteiger partial charge in [-0.1, -0.05) is 42.5 Å². The molecular weight excluding hydrogens is 454 g/mol. The summed E-state index contributed by atoms with van der Waals surface area (Å²) >= 11 is 0. The molecule has 0 radical (unpaired) electrons. The molecule has 7 nitrogen and oxygen atoms in total. The lowest BCUT2D eigenvalue weighted by molar-refractivity contribution is 0.0689. The molecule has 0 fully saturated rings. The number of para-hydroxylation sites is 2. The highest BCUT2D eigenvalue weighted by Gasteiger charge is 2.27. The number of benzene rings is 3. The first kappa shape index (κ1) is 24.9. The van der Waals surface area contributed by atoms with Crippen molar-refractivity contribution in [3.05, 3.63) is 90.0 Å². The third-order valence-electron chi connectivity index (χ3n) is 5.96. The molecule has 1 heterocycles. The Hall–Kier alpha value is -4.26. The second-order valence-corrected chi connectivity index (χ2v) is 8.63. The highest BCUT2D eigenvalue weighted by Crippen LogP contribution is 2.37. The Kier molecular flexibility index (Phi) is 7.59. The highest BCUT2D eigenvalue weighted by atomic mass is 16.5. The normalized spacial score (nSPS) is 10.8. The Morgan fingerprint density at radius 3 is 2.14 bits per heavy atom. The van der Waals surface area contributed by atoms with Crippen LogP contribution in [0, 0.1) is 0 Å². The fourth-order valence-corrected chi connectivity index (χ4v) is 4.02.